The van der Waals surface area contributed by atoms with Crippen molar-refractivity contribution >= 4 is 28.3 Å². The fourth-order valence-electron chi connectivity index (χ4n) is 1.30. The number of nitro benzene ring substituents is 1. The summed E-state index contributed by atoms with van der Waals surface area (Å²) in [5.41, 5.74) is -0.680. The molecular weight excluding hydrogens is 263 g/mol. The zero-order valence-electron chi connectivity index (χ0n) is 7.88. The van der Waals surface area contributed by atoms with E-state index in [9.17, 15) is 23.3 Å². The quantitative estimate of drug-likeness (QED) is 0.636. The van der Waals surface area contributed by atoms with Crippen LogP contribution in [0.2, 0.25) is 5.02 Å². The summed E-state index contributed by atoms with van der Waals surface area (Å²) in [5, 5.41) is 10.3. The number of hydrogen-bond donors (Lipinski definition) is 1. The molecule has 1 N–H and O–H groups in total. The van der Waals surface area contributed by atoms with Gasteiger partial charge in [-0.1, -0.05) is 11.6 Å². The Morgan fingerprint density at radius 1 is 1.41 bits per heavy atom. The van der Waals surface area contributed by atoms with E-state index in [0.717, 1.165) is 12.1 Å². The van der Waals surface area contributed by atoms with Crippen molar-refractivity contribution in [3.63, 3.8) is 0 Å². The number of alkyl halides is 3. The van der Waals surface area contributed by atoms with Crippen LogP contribution < -0.4 is 0 Å². The van der Waals surface area contributed by atoms with Crippen LogP contribution in [-0.2, 0) is 6.18 Å². The fourth-order valence-corrected chi connectivity index (χ4v) is 1.56. The lowest BCUT2D eigenvalue weighted by molar-refractivity contribution is -0.384. The Kier molecular flexibility index (Phi) is 2.46. The van der Waals surface area contributed by atoms with Gasteiger partial charge in [-0.05, 0) is 0 Å². The number of fused-ring (bicyclic) bond motifs is 1. The van der Waals surface area contributed by atoms with Crippen molar-refractivity contribution in [3.8, 4) is 0 Å². The number of halogens is 4. The molecule has 0 aliphatic rings. The Balaban J connectivity index is 2.69. The molecule has 17 heavy (non-hydrogen) atoms. The highest BCUT2D eigenvalue weighted by atomic mass is 35.5. The maximum atomic E-state index is 12.3. The minimum absolute atomic E-state index is 0.128. The SMILES string of the molecule is O=[N+]([O-])c1cc(Cl)c2nc(C(F)(F)F)[nH]c2c1. The van der Waals surface area contributed by atoms with Crippen molar-refractivity contribution < 1.29 is 18.1 Å². The number of aromatic nitrogens is 2. The van der Waals surface area contributed by atoms with E-state index in [0.29, 0.717) is 0 Å². The van der Waals surface area contributed by atoms with Crippen LogP contribution in [0.3, 0.4) is 0 Å². The van der Waals surface area contributed by atoms with Gasteiger partial charge in [0.15, 0.2) is 0 Å². The Bertz CT molecular complexity index is 608. The van der Waals surface area contributed by atoms with Gasteiger partial charge in [-0.15, -0.1) is 0 Å². The molecule has 0 saturated heterocycles. The van der Waals surface area contributed by atoms with Gasteiger partial charge in [0, 0.05) is 12.1 Å². The smallest absolute Gasteiger partial charge is 0.334 e. The molecule has 0 unspecified atom stereocenters. The van der Waals surface area contributed by atoms with Gasteiger partial charge in [-0.25, -0.2) is 4.98 Å². The van der Waals surface area contributed by atoms with E-state index in [1.807, 2.05) is 4.98 Å². The molecule has 1 heterocycles. The Hall–Kier alpha value is -1.83. The van der Waals surface area contributed by atoms with Gasteiger partial charge in [0.05, 0.1) is 15.5 Å². The maximum Gasteiger partial charge on any atom is 0.449 e. The van der Waals surface area contributed by atoms with Crippen molar-refractivity contribution in [3.05, 3.63) is 33.1 Å². The molecular formula is C8H3ClF3N3O2. The van der Waals surface area contributed by atoms with Crippen molar-refractivity contribution in [1.82, 2.24) is 9.97 Å². The summed E-state index contributed by atoms with van der Waals surface area (Å²) >= 11 is 5.62. The summed E-state index contributed by atoms with van der Waals surface area (Å²) in [6, 6.07) is 1.90. The van der Waals surface area contributed by atoms with Gasteiger partial charge in [0.25, 0.3) is 5.69 Å². The minimum atomic E-state index is -4.66. The van der Waals surface area contributed by atoms with E-state index in [2.05, 4.69) is 4.98 Å². The zero-order chi connectivity index (χ0) is 12.8. The van der Waals surface area contributed by atoms with Crippen LogP contribution in [0.1, 0.15) is 5.82 Å². The molecule has 2 aromatic rings. The third kappa shape index (κ3) is 2.03. The number of benzene rings is 1. The number of non-ortho nitro benzene ring substituents is 1. The van der Waals surface area contributed by atoms with E-state index in [1.54, 1.807) is 0 Å². The highest BCUT2D eigenvalue weighted by molar-refractivity contribution is 6.35. The van der Waals surface area contributed by atoms with Crippen LogP contribution in [-0.4, -0.2) is 14.9 Å². The van der Waals surface area contributed by atoms with Gasteiger partial charge in [0.1, 0.15) is 5.52 Å². The number of rotatable bonds is 1. The normalized spacial score (nSPS) is 12.0. The molecule has 9 heteroatoms. The number of H-pyrrole nitrogens is 1. The lowest BCUT2D eigenvalue weighted by atomic mass is 10.3. The zero-order valence-corrected chi connectivity index (χ0v) is 8.63. The molecule has 1 aromatic heterocycles. The van der Waals surface area contributed by atoms with Crippen LogP contribution in [0, 0.1) is 10.1 Å². The third-order valence-electron chi connectivity index (χ3n) is 2.00. The first kappa shape index (κ1) is 11.6. The predicted octanol–water partition coefficient (Wildman–Crippen LogP) is 3.14. The largest absolute Gasteiger partial charge is 0.449 e. The first-order valence-electron chi connectivity index (χ1n) is 4.20. The molecule has 0 spiro atoms. The summed E-state index contributed by atoms with van der Waals surface area (Å²) in [7, 11) is 0. The molecule has 5 nitrogen and oxygen atoms in total. The Labute approximate surface area is 96.4 Å². The van der Waals surface area contributed by atoms with Gasteiger partial charge >= 0.3 is 6.18 Å². The predicted molar refractivity (Wildman–Crippen MR) is 52.8 cm³/mol. The van der Waals surface area contributed by atoms with Crippen molar-refractivity contribution in [1.29, 1.82) is 0 Å². The summed E-state index contributed by atoms with van der Waals surface area (Å²) in [5.74, 6) is -1.24. The summed E-state index contributed by atoms with van der Waals surface area (Å²) < 4.78 is 37.0. The van der Waals surface area contributed by atoms with Crippen LogP contribution in [0.5, 0.6) is 0 Å². The minimum Gasteiger partial charge on any atom is -0.334 e. The molecule has 0 amide bonds. The first-order valence-corrected chi connectivity index (χ1v) is 4.57. The molecule has 1 aromatic carbocycles. The number of nitrogens with one attached hydrogen (secondary N) is 1. The lowest BCUT2D eigenvalue weighted by Crippen LogP contribution is -2.06. The molecule has 0 aliphatic heterocycles. The van der Waals surface area contributed by atoms with Crippen molar-refractivity contribution in [2.24, 2.45) is 0 Å². The van der Waals surface area contributed by atoms with Crippen LogP contribution >= 0.6 is 11.6 Å². The lowest BCUT2D eigenvalue weighted by Gasteiger charge is -1.98. The maximum absolute atomic E-state index is 12.3. The number of aromatic amines is 1. The Morgan fingerprint density at radius 2 is 2.06 bits per heavy atom. The first-order chi connectivity index (χ1) is 7.79. The standard InChI is InChI=1S/C8H3ClF3N3O2/c9-4-1-3(15(16)17)2-5-6(4)14-7(13-5)8(10,11)12/h1-2H,(H,13,14). The molecule has 0 atom stereocenters. The highest BCUT2D eigenvalue weighted by Gasteiger charge is 2.35. The van der Waals surface area contributed by atoms with E-state index in [4.69, 9.17) is 11.6 Å². The fraction of sp³-hybridized carbons (Fsp3) is 0.125. The number of nitrogens with zero attached hydrogens (tertiary/aromatic N) is 2. The molecule has 2 rings (SSSR count). The molecule has 0 radical (unpaired) electrons. The number of hydrogen-bond acceptors (Lipinski definition) is 3. The second kappa shape index (κ2) is 3.59. The van der Waals surface area contributed by atoms with E-state index in [-0.39, 0.29) is 16.1 Å². The summed E-state index contributed by atoms with van der Waals surface area (Å²) in [6.07, 6.45) is -4.66. The molecule has 0 aliphatic carbocycles. The van der Waals surface area contributed by atoms with Crippen LogP contribution in [0.4, 0.5) is 18.9 Å². The van der Waals surface area contributed by atoms with Gasteiger partial charge in [0.2, 0.25) is 5.82 Å². The summed E-state index contributed by atoms with van der Waals surface area (Å²) in [4.78, 5) is 14.9. The monoisotopic (exact) mass is 265 g/mol. The Morgan fingerprint density at radius 3 is 2.59 bits per heavy atom. The molecule has 0 saturated carbocycles. The summed E-state index contributed by atoms with van der Waals surface area (Å²) in [6.45, 7) is 0. The highest BCUT2D eigenvalue weighted by Crippen LogP contribution is 2.32. The van der Waals surface area contributed by atoms with Crippen molar-refractivity contribution in [2.45, 2.75) is 6.18 Å². The molecule has 90 valence electrons. The second-order valence-corrected chi connectivity index (χ2v) is 3.57. The number of nitro groups is 1. The second-order valence-electron chi connectivity index (χ2n) is 3.16. The average molecular weight is 266 g/mol. The molecule has 0 bridgehead atoms. The van der Waals surface area contributed by atoms with Crippen LogP contribution in [0.25, 0.3) is 11.0 Å². The van der Waals surface area contributed by atoms with Crippen molar-refractivity contribution in [2.75, 3.05) is 0 Å². The third-order valence-corrected chi connectivity index (χ3v) is 2.29. The number of imidazole rings is 1. The van der Waals surface area contributed by atoms with Crippen LogP contribution in [0.15, 0.2) is 12.1 Å². The van der Waals surface area contributed by atoms with E-state index < -0.39 is 22.6 Å². The van der Waals surface area contributed by atoms with E-state index >= 15 is 0 Å². The van der Waals surface area contributed by atoms with E-state index in [1.165, 1.54) is 0 Å². The topological polar surface area (TPSA) is 71.8 Å². The van der Waals surface area contributed by atoms with Gasteiger partial charge in [-0.2, -0.15) is 13.2 Å². The van der Waals surface area contributed by atoms with Gasteiger partial charge in [-0.3, -0.25) is 10.1 Å². The van der Waals surface area contributed by atoms with Gasteiger partial charge < -0.3 is 4.98 Å². The average Bonchev–Trinajstić information content (AvgIpc) is 2.60. The molecule has 0 fully saturated rings.